The Morgan fingerprint density at radius 1 is 1.56 bits per heavy atom. The normalized spacial score (nSPS) is 25.2. The third-order valence-electron chi connectivity index (χ3n) is 3.93. The number of hydrogen-bond acceptors (Lipinski definition) is 4. The van der Waals surface area contributed by atoms with E-state index in [0.717, 1.165) is 6.42 Å². The van der Waals surface area contributed by atoms with Crippen LogP contribution in [0.1, 0.15) is 40.0 Å². The van der Waals surface area contributed by atoms with Gasteiger partial charge >= 0.3 is 0 Å². The summed E-state index contributed by atoms with van der Waals surface area (Å²) in [4.78, 5) is 12.4. The Balaban J connectivity index is 2.83. The summed E-state index contributed by atoms with van der Waals surface area (Å²) in [7, 11) is 0. The topological polar surface area (TPSA) is 96.9 Å². The number of carbonyl (C=O) groups is 1. The predicted molar refractivity (Wildman–Crippen MR) is 68.4 cm³/mol. The van der Waals surface area contributed by atoms with Gasteiger partial charge in [0.1, 0.15) is 5.41 Å². The Morgan fingerprint density at radius 3 is 2.56 bits per heavy atom. The standard InChI is InChI=1S/C12H23N3O3/c1-4-12(5-2,10(13)15-17)11(16)14-9-6-7-18-8(9)3/h8-9,17H,4-7H2,1-3H3,(H2,13,15)(H,14,16). The van der Waals surface area contributed by atoms with Crippen LogP contribution >= 0.6 is 0 Å². The van der Waals surface area contributed by atoms with Crippen LogP contribution in [0.15, 0.2) is 5.16 Å². The lowest BCUT2D eigenvalue weighted by molar-refractivity contribution is -0.129. The maximum absolute atomic E-state index is 12.4. The minimum atomic E-state index is -0.933. The molecule has 6 nitrogen and oxygen atoms in total. The van der Waals surface area contributed by atoms with Crippen molar-refractivity contribution in [1.29, 1.82) is 0 Å². The lowest BCUT2D eigenvalue weighted by Crippen LogP contribution is -2.53. The van der Waals surface area contributed by atoms with Gasteiger partial charge in [0.2, 0.25) is 5.91 Å². The van der Waals surface area contributed by atoms with E-state index in [4.69, 9.17) is 15.7 Å². The van der Waals surface area contributed by atoms with Crippen molar-refractivity contribution in [3.8, 4) is 0 Å². The van der Waals surface area contributed by atoms with Gasteiger partial charge in [0, 0.05) is 6.61 Å². The fourth-order valence-electron chi connectivity index (χ4n) is 2.37. The van der Waals surface area contributed by atoms with E-state index in [-0.39, 0.29) is 23.9 Å². The van der Waals surface area contributed by atoms with Crippen molar-refractivity contribution < 1.29 is 14.7 Å². The smallest absolute Gasteiger partial charge is 0.234 e. The highest BCUT2D eigenvalue weighted by molar-refractivity contribution is 6.06. The summed E-state index contributed by atoms with van der Waals surface area (Å²) in [6.07, 6.45) is 1.79. The molecule has 0 saturated carbocycles. The Bertz CT molecular complexity index is 327. The van der Waals surface area contributed by atoms with Crippen molar-refractivity contribution in [3.05, 3.63) is 0 Å². The molecule has 18 heavy (non-hydrogen) atoms. The second kappa shape index (κ2) is 6.04. The van der Waals surface area contributed by atoms with Crippen LogP contribution in [0.5, 0.6) is 0 Å². The first kappa shape index (κ1) is 14.8. The van der Waals surface area contributed by atoms with E-state index < -0.39 is 5.41 Å². The summed E-state index contributed by atoms with van der Waals surface area (Å²) < 4.78 is 5.41. The molecule has 1 saturated heterocycles. The molecule has 2 atom stereocenters. The highest BCUT2D eigenvalue weighted by Gasteiger charge is 2.41. The molecule has 1 rings (SSSR count). The molecule has 0 aliphatic carbocycles. The number of ether oxygens (including phenoxy) is 1. The van der Waals surface area contributed by atoms with Crippen LogP contribution in [0.3, 0.4) is 0 Å². The monoisotopic (exact) mass is 257 g/mol. The van der Waals surface area contributed by atoms with Gasteiger partial charge in [0.05, 0.1) is 12.1 Å². The van der Waals surface area contributed by atoms with Crippen molar-refractivity contribution in [2.75, 3.05) is 6.61 Å². The number of nitrogens with zero attached hydrogens (tertiary/aromatic N) is 1. The first-order valence-electron chi connectivity index (χ1n) is 6.42. The molecule has 0 bridgehead atoms. The maximum atomic E-state index is 12.4. The summed E-state index contributed by atoms with van der Waals surface area (Å²) in [6.45, 7) is 6.30. The Morgan fingerprint density at radius 2 is 2.17 bits per heavy atom. The van der Waals surface area contributed by atoms with E-state index in [2.05, 4.69) is 10.5 Å². The van der Waals surface area contributed by atoms with Gasteiger partial charge in [-0.2, -0.15) is 0 Å². The zero-order valence-electron chi connectivity index (χ0n) is 11.3. The van der Waals surface area contributed by atoms with Gasteiger partial charge in [-0.05, 0) is 26.2 Å². The van der Waals surface area contributed by atoms with Crippen LogP contribution in [0.4, 0.5) is 0 Å². The quantitative estimate of drug-likeness (QED) is 0.294. The highest BCUT2D eigenvalue weighted by atomic mass is 16.5. The number of amidine groups is 1. The first-order chi connectivity index (χ1) is 8.51. The van der Waals surface area contributed by atoms with Crippen LogP contribution in [0, 0.1) is 5.41 Å². The molecule has 1 fully saturated rings. The molecular weight excluding hydrogens is 234 g/mol. The largest absolute Gasteiger partial charge is 0.409 e. The lowest BCUT2D eigenvalue weighted by Gasteiger charge is -2.30. The molecule has 1 heterocycles. The molecule has 0 radical (unpaired) electrons. The van der Waals surface area contributed by atoms with Gasteiger partial charge in [-0.25, -0.2) is 0 Å². The molecule has 4 N–H and O–H groups in total. The summed E-state index contributed by atoms with van der Waals surface area (Å²) >= 11 is 0. The van der Waals surface area contributed by atoms with Crippen molar-refractivity contribution >= 4 is 11.7 Å². The van der Waals surface area contributed by atoms with Crippen molar-refractivity contribution in [1.82, 2.24) is 5.32 Å². The second-order valence-corrected chi connectivity index (χ2v) is 4.72. The van der Waals surface area contributed by atoms with Crippen LogP contribution in [0.25, 0.3) is 0 Å². The molecule has 0 aromatic carbocycles. The van der Waals surface area contributed by atoms with Gasteiger partial charge in [-0.15, -0.1) is 0 Å². The molecule has 2 unspecified atom stereocenters. The molecule has 104 valence electrons. The van der Waals surface area contributed by atoms with Gasteiger partial charge in [0.15, 0.2) is 5.84 Å². The fourth-order valence-corrected chi connectivity index (χ4v) is 2.37. The Kier molecular flexibility index (Phi) is 4.95. The zero-order chi connectivity index (χ0) is 13.8. The van der Waals surface area contributed by atoms with E-state index in [1.165, 1.54) is 0 Å². The summed E-state index contributed by atoms with van der Waals surface area (Å²) in [5, 5.41) is 14.8. The fraction of sp³-hybridized carbons (Fsp3) is 0.833. The minimum absolute atomic E-state index is 0.00136. The number of hydrogen-bond donors (Lipinski definition) is 3. The van der Waals surface area contributed by atoms with E-state index >= 15 is 0 Å². The number of amides is 1. The molecule has 1 aliphatic heterocycles. The maximum Gasteiger partial charge on any atom is 0.234 e. The molecule has 1 aliphatic rings. The third kappa shape index (κ3) is 2.58. The predicted octanol–water partition coefficient (Wildman–Crippen LogP) is 0.833. The number of nitrogens with one attached hydrogen (secondary N) is 1. The zero-order valence-corrected chi connectivity index (χ0v) is 11.3. The molecule has 0 spiro atoms. The molecule has 0 aromatic heterocycles. The Hall–Kier alpha value is -1.30. The SMILES string of the molecule is CCC(CC)(C(=O)NC1CCOC1C)C(N)=NO. The average molecular weight is 257 g/mol. The number of carbonyl (C=O) groups excluding carboxylic acids is 1. The number of oxime groups is 1. The van der Waals surface area contributed by atoms with Crippen LogP contribution in [0.2, 0.25) is 0 Å². The summed E-state index contributed by atoms with van der Waals surface area (Å²) in [5.41, 5.74) is 4.76. The summed E-state index contributed by atoms with van der Waals surface area (Å²) in [5.74, 6) is -0.221. The van der Waals surface area contributed by atoms with Gasteiger partial charge in [-0.1, -0.05) is 19.0 Å². The minimum Gasteiger partial charge on any atom is -0.409 e. The van der Waals surface area contributed by atoms with E-state index in [1.807, 2.05) is 20.8 Å². The molecule has 6 heteroatoms. The van der Waals surface area contributed by atoms with Crippen molar-refractivity contribution in [3.63, 3.8) is 0 Å². The van der Waals surface area contributed by atoms with Crippen molar-refractivity contribution in [2.24, 2.45) is 16.3 Å². The van der Waals surface area contributed by atoms with Crippen molar-refractivity contribution in [2.45, 2.75) is 52.2 Å². The third-order valence-corrected chi connectivity index (χ3v) is 3.93. The van der Waals surface area contributed by atoms with Gasteiger partial charge in [-0.3, -0.25) is 4.79 Å². The number of nitrogens with two attached hydrogens (primary N) is 1. The van der Waals surface area contributed by atoms with Gasteiger partial charge < -0.3 is 21.0 Å². The van der Waals surface area contributed by atoms with Crippen LogP contribution in [-0.4, -0.2) is 35.7 Å². The molecular formula is C12H23N3O3. The second-order valence-electron chi connectivity index (χ2n) is 4.72. The summed E-state index contributed by atoms with van der Waals surface area (Å²) in [6, 6.07) is 0.00136. The van der Waals surface area contributed by atoms with E-state index in [0.29, 0.717) is 19.4 Å². The number of rotatable bonds is 5. The molecule has 1 amide bonds. The van der Waals surface area contributed by atoms with E-state index in [9.17, 15) is 4.79 Å². The lowest BCUT2D eigenvalue weighted by atomic mass is 9.80. The van der Waals surface area contributed by atoms with E-state index in [1.54, 1.807) is 0 Å². The Labute approximate surface area is 108 Å². The highest BCUT2D eigenvalue weighted by Crippen LogP contribution is 2.28. The van der Waals surface area contributed by atoms with Gasteiger partial charge in [0.25, 0.3) is 0 Å². The van der Waals surface area contributed by atoms with Crippen LogP contribution < -0.4 is 11.1 Å². The molecule has 0 aromatic rings. The first-order valence-corrected chi connectivity index (χ1v) is 6.42. The van der Waals surface area contributed by atoms with Crippen LogP contribution in [-0.2, 0) is 9.53 Å². The average Bonchev–Trinajstić information content (AvgIpc) is 2.77.